The quantitative estimate of drug-likeness (QED) is 0.0739. The van der Waals surface area contributed by atoms with Crippen molar-refractivity contribution >= 4 is 6.09 Å². The second-order valence-electron chi connectivity index (χ2n) is 11.3. The van der Waals surface area contributed by atoms with E-state index < -0.39 is 0 Å². The summed E-state index contributed by atoms with van der Waals surface area (Å²) in [6, 6.07) is 0. The van der Waals surface area contributed by atoms with Crippen molar-refractivity contribution in [2.45, 2.75) is 149 Å². The van der Waals surface area contributed by atoms with Crippen molar-refractivity contribution in [1.82, 2.24) is 9.80 Å². The highest BCUT2D eigenvalue weighted by Crippen LogP contribution is 2.12. The number of carbonyl (C=O) groups excluding carboxylic acids is 1. The fourth-order valence-electron chi connectivity index (χ4n) is 4.65. The Labute approximate surface area is 238 Å². The molecule has 38 heavy (non-hydrogen) atoms. The summed E-state index contributed by atoms with van der Waals surface area (Å²) < 4.78 is 5.61. The van der Waals surface area contributed by atoms with Crippen molar-refractivity contribution in [1.29, 1.82) is 0 Å². The Morgan fingerprint density at radius 2 is 1.00 bits per heavy atom. The molecule has 0 atom stereocenters. The zero-order valence-electron chi connectivity index (χ0n) is 26.2. The molecule has 4 nitrogen and oxygen atoms in total. The molecule has 0 spiro atoms. The number of unbranched alkanes of at least 4 members (excludes halogenated alkanes) is 16. The summed E-state index contributed by atoms with van der Waals surface area (Å²) in [5, 5.41) is 0. The van der Waals surface area contributed by atoms with Crippen molar-refractivity contribution < 1.29 is 9.53 Å². The fraction of sp³-hybridized carbons (Fsp3) is 0.853. The third kappa shape index (κ3) is 27.7. The summed E-state index contributed by atoms with van der Waals surface area (Å²) in [4.78, 5) is 16.8. The maximum Gasteiger partial charge on any atom is 0.409 e. The van der Waals surface area contributed by atoms with Gasteiger partial charge in [-0.15, -0.1) is 0 Å². The molecule has 0 saturated heterocycles. The van der Waals surface area contributed by atoms with Crippen LogP contribution in [-0.2, 0) is 4.74 Å². The van der Waals surface area contributed by atoms with Gasteiger partial charge in [-0.2, -0.15) is 0 Å². The lowest BCUT2D eigenvalue weighted by Crippen LogP contribution is -2.34. The number of nitrogens with zero attached hydrogens (tertiary/aromatic N) is 2. The van der Waals surface area contributed by atoms with E-state index in [0.29, 0.717) is 6.61 Å². The summed E-state index contributed by atoms with van der Waals surface area (Å²) in [6.45, 7) is 7.70. The van der Waals surface area contributed by atoms with Crippen LogP contribution in [0.3, 0.4) is 0 Å². The van der Waals surface area contributed by atoms with Gasteiger partial charge in [0.15, 0.2) is 0 Å². The van der Waals surface area contributed by atoms with Crippen molar-refractivity contribution in [2.24, 2.45) is 0 Å². The molecule has 0 unspecified atom stereocenters. The van der Waals surface area contributed by atoms with Gasteiger partial charge in [0.1, 0.15) is 0 Å². The van der Waals surface area contributed by atoms with E-state index in [1.54, 1.807) is 0 Å². The van der Waals surface area contributed by atoms with Crippen LogP contribution in [0.1, 0.15) is 149 Å². The summed E-state index contributed by atoms with van der Waals surface area (Å²) in [5.41, 5.74) is 0. The monoisotopic (exact) mass is 535 g/mol. The summed E-state index contributed by atoms with van der Waals surface area (Å²) in [7, 11) is 4.12. The average Bonchev–Trinajstić information content (AvgIpc) is 2.90. The largest absolute Gasteiger partial charge is 0.449 e. The number of amides is 1. The van der Waals surface area contributed by atoms with Gasteiger partial charge in [-0.25, -0.2) is 4.79 Å². The fourth-order valence-corrected chi connectivity index (χ4v) is 4.65. The minimum atomic E-state index is -0.103. The Balaban J connectivity index is 3.97. The normalized spacial score (nSPS) is 11.8. The van der Waals surface area contributed by atoms with Crippen molar-refractivity contribution in [3.63, 3.8) is 0 Å². The summed E-state index contributed by atoms with van der Waals surface area (Å²) >= 11 is 0. The van der Waals surface area contributed by atoms with Crippen LogP contribution in [0, 0.1) is 0 Å². The molecule has 0 heterocycles. The molecule has 0 fully saturated rings. The van der Waals surface area contributed by atoms with E-state index >= 15 is 0 Å². The highest BCUT2D eigenvalue weighted by molar-refractivity contribution is 5.67. The summed E-state index contributed by atoms with van der Waals surface area (Å²) in [6.07, 6.45) is 35.4. The zero-order valence-corrected chi connectivity index (χ0v) is 26.2. The third-order valence-electron chi connectivity index (χ3n) is 7.14. The Morgan fingerprint density at radius 3 is 1.53 bits per heavy atom. The van der Waals surface area contributed by atoms with E-state index in [1.807, 2.05) is 4.90 Å². The number of carbonyl (C=O) groups is 1. The second-order valence-corrected chi connectivity index (χ2v) is 11.3. The first kappa shape index (κ1) is 36.7. The Morgan fingerprint density at radius 1 is 0.553 bits per heavy atom. The second kappa shape index (κ2) is 30.3. The number of ether oxygens (including phenoxy) is 1. The predicted molar refractivity (Wildman–Crippen MR) is 168 cm³/mol. The van der Waals surface area contributed by atoms with E-state index in [4.69, 9.17) is 4.74 Å². The molecule has 0 N–H and O–H groups in total. The van der Waals surface area contributed by atoms with Gasteiger partial charge in [0.05, 0.1) is 6.61 Å². The molecule has 1 amide bonds. The Kier molecular flexibility index (Phi) is 29.2. The molecule has 4 heteroatoms. The van der Waals surface area contributed by atoms with E-state index in [9.17, 15) is 4.79 Å². The first-order valence-electron chi connectivity index (χ1n) is 16.5. The lowest BCUT2D eigenvalue weighted by molar-refractivity contribution is 0.0976. The minimum absolute atomic E-state index is 0.103. The van der Waals surface area contributed by atoms with E-state index in [-0.39, 0.29) is 6.09 Å². The van der Waals surface area contributed by atoms with Gasteiger partial charge >= 0.3 is 6.09 Å². The number of hydrogen-bond acceptors (Lipinski definition) is 3. The maximum absolute atomic E-state index is 12.7. The highest BCUT2D eigenvalue weighted by Gasteiger charge is 2.14. The van der Waals surface area contributed by atoms with E-state index in [2.05, 4.69) is 57.1 Å². The maximum atomic E-state index is 12.7. The van der Waals surface area contributed by atoms with Gasteiger partial charge in [-0.05, 0) is 65.5 Å². The van der Waals surface area contributed by atoms with Crippen molar-refractivity contribution in [3.05, 3.63) is 24.3 Å². The van der Waals surface area contributed by atoms with Gasteiger partial charge in [-0.3, -0.25) is 0 Å². The van der Waals surface area contributed by atoms with Crippen LogP contribution in [-0.4, -0.2) is 56.2 Å². The number of hydrogen-bond donors (Lipinski definition) is 0. The molecular weight excluding hydrogens is 468 g/mol. The number of rotatable bonds is 28. The molecule has 0 bridgehead atoms. The molecule has 0 radical (unpaired) electrons. The molecule has 0 rings (SSSR count). The zero-order chi connectivity index (χ0) is 27.9. The van der Waals surface area contributed by atoms with Crippen LogP contribution in [0.25, 0.3) is 0 Å². The Bertz CT molecular complexity index is 545. The highest BCUT2D eigenvalue weighted by atomic mass is 16.6. The molecule has 0 aromatic heterocycles. The molecule has 0 aromatic rings. The predicted octanol–water partition coefficient (Wildman–Crippen LogP) is 10.3. The van der Waals surface area contributed by atoms with Crippen molar-refractivity contribution in [3.8, 4) is 0 Å². The van der Waals surface area contributed by atoms with Gasteiger partial charge < -0.3 is 14.5 Å². The van der Waals surface area contributed by atoms with Crippen molar-refractivity contribution in [2.75, 3.05) is 40.3 Å². The smallest absolute Gasteiger partial charge is 0.409 e. The standard InChI is InChI=1S/C34H66N2O2/c1-5-7-9-11-13-15-16-17-18-19-20-21-22-24-26-28-32-36(34(37)38-33-29-30-35(3)4)31-27-25-23-14-12-10-8-6-2/h13,15,17-18H,5-12,14,16,19-33H2,1-4H3/b15-13-,18-17-. The van der Waals surface area contributed by atoms with E-state index in [0.717, 1.165) is 45.3 Å². The minimum Gasteiger partial charge on any atom is -0.449 e. The van der Waals surface area contributed by atoms with Gasteiger partial charge in [0.2, 0.25) is 0 Å². The van der Waals surface area contributed by atoms with Crippen LogP contribution in [0.4, 0.5) is 4.79 Å². The molecular formula is C34H66N2O2. The Hall–Kier alpha value is -1.29. The lowest BCUT2D eigenvalue weighted by atomic mass is 10.1. The van der Waals surface area contributed by atoms with Gasteiger partial charge in [0.25, 0.3) is 0 Å². The average molecular weight is 535 g/mol. The first-order valence-corrected chi connectivity index (χ1v) is 16.5. The SMILES string of the molecule is CCCCC/C=C\C/C=C\CCCCCCCCN(CCCCCCCCCC)C(=O)OCCCN(C)C. The van der Waals surface area contributed by atoms with Crippen LogP contribution in [0.15, 0.2) is 24.3 Å². The molecule has 0 aliphatic rings. The van der Waals surface area contributed by atoms with Crippen LogP contribution in [0.2, 0.25) is 0 Å². The molecule has 0 saturated carbocycles. The molecule has 0 aliphatic carbocycles. The van der Waals surface area contributed by atoms with Gasteiger partial charge in [-0.1, -0.05) is 122 Å². The van der Waals surface area contributed by atoms with E-state index in [1.165, 1.54) is 109 Å². The molecule has 0 aliphatic heterocycles. The molecule has 224 valence electrons. The summed E-state index contributed by atoms with van der Waals surface area (Å²) in [5.74, 6) is 0. The third-order valence-corrected chi connectivity index (χ3v) is 7.14. The van der Waals surface area contributed by atoms with Crippen LogP contribution < -0.4 is 0 Å². The van der Waals surface area contributed by atoms with Gasteiger partial charge in [0, 0.05) is 19.6 Å². The number of allylic oxidation sites excluding steroid dienone is 4. The topological polar surface area (TPSA) is 32.8 Å². The lowest BCUT2D eigenvalue weighted by Gasteiger charge is -2.22. The first-order chi connectivity index (χ1) is 18.6. The van der Waals surface area contributed by atoms with Crippen LogP contribution in [0.5, 0.6) is 0 Å². The van der Waals surface area contributed by atoms with Crippen LogP contribution >= 0.6 is 0 Å². The molecule has 0 aromatic carbocycles.